The Morgan fingerprint density at radius 3 is 2.20 bits per heavy atom. The van der Waals surface area contributed by atoms with E-state index in [1.54, 1.807) is 16.4 Å². The van der Waals surface area contributed by atoms with Gasteiger partial charge in [-0.1, -0.05) is 42.6 Å². The van der Waals surface area contributed by atoms with Crippen LogP contribution in [0.3, 0.4) is 0 Å². The van der Waals surface area contributed by atoms with E-state index in [-0.39, 0.29) is 0 Å². The number of hydrogen-bond donors (Lipinski definition) is 1. The summed E-state index contributed by atoms with van der Waals surface area (Å²) in [5.41, 5.74) is 1.88. The minimum absolute atomic E-state index is 0.359. The van der Waals surface area contributed by atoms with Crippen molar-refractivity contribution in [1.82, 2.24) is 4.31 Å². The summed E-state index contributed by atoms with van der Waals surface area (Å²) in [4.78, 5) is 0.359. The second kappa shape index (κ2) is 8.21. The third-order valence-electron chi connectivity index (χ3n) is 4.50. The largest absolute Gasteiger partial charge is 0.381 e. The highest BCUT2D eigenvalue weighted by molar-refractivity contribution is 7.89. The summed E-state index contributed by atoms with van der Waals surface area (Å²) in [6.07, 6.45) is 4.10. The smallest absolute Gasteiger partial charge is 0.243 e. The molecule has 4 nitrogen and oxygen atoms in total. The highest BCUT2D eigenvalue weighted by Gasteiger charge is 2.24. The summed E-state index contributed by atoms with van der Waals surface area (Å²) in [6.45, 7) is 1.83. The molecule has 3 rings (SSSR count). The Morgan fingerprint density at radius 1 is 0.920 bits per heavy atom. The van der Waals surface area contributed by atoms with E-state index in [1.807, 2.05) is 36.4 Å². The predicted molar refractivity (Wildman–Crippen MR) is 102 cm³/mol. The Morgan fingerprint density at radius 2 is 1.56 bits per heavy atom. The van der Waals surface area contributed by atoms with Crippen molar-refractivity contribution in [2.45, 2.75) is 37.1 Å². The second-order valence-electron chi connectivity index (χ2n) is 6.29. The SMILES string of the molecule is O=S(=O)(c1ccc(NCc2ccccc2Cl)cc1)N1CCCCCC1. The van der Waals surface area contributed by atoms with Crippen LogP contribution in [-0.2, 0) is 16.6 Å². The second-order valence-corrected chi connectivity index (χ2v) is 8.63. The lowest BCUT2D eigenvalue weighted by molar-refractivity contribution is 0.424. The van der Waals surface area contributed by atoms with Crippen molar-refractivity contribution >= 4 is 27.3 Å². The summed E-state index contributed by atoms with van der Waals surface area (Å²) >= 11 is 6.15. The third-order valence-corrected chi connectivity index (χ3v) is 6.78. The highest BCUT2D eigenvalue weighted by atomic mass is 35.5. The molecular formula is C19H23ClN2O2S. The molecule has 1 saturated heterocycles. The average molecular weight is 379 g/mol. The van der Waals surface area contributed by atoms with Gasteiger partial charge in [-0.3, -0.25) is 0 Å². The van der Waals surface area contributed by atoms with Gasteiger partial charge in [0.15, 0.2) is 0 Å². The van der Waals surface area contributed by atoms with Crippen molar-refractivity contribution in [2.75, 3.05) is 18.4 Å². The zero-order chi connectivity index (χ0) is 17.7. The average Bonchev–Trinajstić information content (AvgIpc) is 2.91. The van der Waals surface area contributed by atoms with Crippen molar-refractivity contribution in [1.29, 1.82) is 0 Å². The lowest BCUT2D eigenvalue weighted by Gasteiger charge is -2.20. The molecule has 0 bridgehead atoms. The summed E-state index contributed by atoms with van der Waals surface area (Å²) in [7, 11) is -3.39. The van der Waals surface area contributed by atoms with Crippen LogP contribution in [0, 0.1) is 0 Å². The Hall–Kier alpha value is -1.56. The van der Waals surface area contributed by atoms with E-state index in [2.05, 4.69) is 5.32 Å². The highest BCUT2D eigenvalue weighted by Crippen LogP contribution is 2.22. The van der Waals surface area contributed by atoms with E-state index in [4.69, 9.17) is 11.6 Å². The first-order valence-corrected chi connectivity index (χ1v) is 10.5. The van der Waals surface area contributed by atoms with E-state index in [9.17, 15) is 8.42 Å². The molecule has 1 aliphatic rings. The van der Waals surface area contributed by atoms with Crippen molar-refractivity contribution in [3.8, 4) is 0 Å². The Balaban J connectivity index is 1.68. The van der Waals surface area contributed by atoms with Crippen LogP contribution >= 0.6 is 11.6 Å². The molecule has 1 heterocycles. The van der Waals surface area contributed by atoms with Crippen LogP contribution in [0.5, 0.6) is 0 Å². The molecule has 1 aliphatic heterocycles. The number of nitrogens with zero attached hydrogens (tertiary/aromatic N) is 1. The molecule has 134 valence electrons. The number of nitrogens with one attached hydrogen (secondary N) is 1. The molecule has 1 N–H and O–H groups in total. The van der Waals surface area contributed by atoms with Gasteiger partial charge in [0, 0.05) is 30.3 Å². The van der Waals surface area contributed by atoms with Gasteiger partial charge < -0.3 is 5.32 Å². The summed E-state index contributed by atoms with van der Waals surface area (Å²) in [6, 6.07) is 14.6. The molecular weight excluding hydrogens is 356 g/mol. The quantitative estimate of drug-likeness (QED) is 0.832. The van der Waals surface area contributed by atoms with E-state index in [1.165, 1.54) is 0 Å². The molecule has 2 aromatic carbocycles. The maximum Gasteiger partial charge on any atom is 0.243 e. The number of sulfonamides is 1. The van der Waals surface area contributed by atoms with E-state index < -0.39 is 10.0 Å². The lowest BCUT2D eigenvalue weighted by Crippen LogP contribution is -2.31. The first-order valence-electron chi connectivity index (χ1n) is 8.65. The van der Waals surface area contributed by atoms with Gasteiger partial charge in [0.1, 0.15) is 0 Å². The maximum absolute atomic E-state index is 12.8. The van der Waals surface area contributed by atoms with E-state index >= 15 is 0 Å². The van der Waals surface area contributed by atoms with Crippen molar-refractivity contribution in [3.63, 3.8) is 0 Å². The zero-order valence-corrected chi connectivity index (χ0v) is 15.7. The topological polar surface area (TPSA) is 49.4 Å². The van der Waals surface area contributed by atoms with Gasteiger partial charge in [0.2, 0.25) is 10.0 Å². The molecule has 1 fully saturated rings. The number of hydrogen-bond acceptors (Lipinski definition) is 3. The Bertz CT molecular complexity index is 798. The van der Waals surface area contributed by atoms with Crippen LogP contribution < -0.4 is 5.32 Å². The van der Waals surface area contributed by atoms with Gasteiger partial charge in [-0.2, -0.15) is 4.31 Å². The van der Waals surface area contributed by atoms with Crippen LogP contribution in [0.4, 0.5) is 5.69 Å². The molecule has 0 radical (unpaired) electrons. The van der Waals surface area contributed by atoms with E-state index in [0.29, 0.717) is 24.5 Å². The Kier molecular flexibility index (Phi) is 5.99. The van der Waals surface area contributed by atoms with Crippen LogP contribution in [0.15, 0.2) is 53.4 Å². The molecule has 2 aromatic rings. The number of benzene rings is 2. The van der Waals surface area contributed by atoms with E-state index in [0.717, 1.165) is 42.0 Å². The van der Waals surface area contributed by atoms with Crippen molar-refractivity contribution in [2.24, 2.45) is 0 Å². The predicted octanol–water partition coefficient (Wildman–Crippen LogP) is 4.52. The Labute approximate surface area is 154 Å². The monoisotopic (exact) mass is 378 g/mol. The van der Waals surface area contributed by atoms with Crippen LogP contribution in [0.1, 0.15) is 31.2 Å². The number of rotatable bonds is 5. The van der Waals surface area contributed by atoms with Crippen LogP contribution in [-0.4, -0.2) is 25.8 Å². The van der Waals surface area contributed by atoms with Crippen molar-refractivity contribution < 1.29 is 8.42 Å². The third kappa shape index (κ3) is 4.54. The summed E-state index contributed by atoms with van der Waals surface area (Å²) in [5, 5.41) is 4.00. The fraction of sp³-hybridized carbons (Fsp3) is 0.368. The molecule has 6 heteroatoms. The molecule has 0 aromatic heterocycles. The van der Waals surface area contributed by atoms with Gasteiger partial charge >= 0.3 is 0 Å². The first-order chi connectivity index (χ1) is 12.1. The minimum Gasteiger partial charge on any atom is -0.381 e. The molecule has 0 aliphatic carbocycles. The van der Waals surface area contributed by atoms with Gasteiger partial charge in [-0.25, -0.2) is 8.42 Å². The summed E-state index contributed by atoms with van der Waals surface area (Å²) < 4.78 is 27.1. The standard InChI is InChI=1S/C19H23ClN2O2S/c20-19-8-4-3-7-16(19)15-21-17-9-11-18(12-10-17)25(23,24)22-13-5-1-2-6-14-22/h3-4,7-12,21H,1-2,5-6,13-15H2. The normalized spacial score (nSPS) is 16.4. The fourth-order valence-electron chi connectivity index (χ4n) is 3.01. The summed E-state index contributed by atoms with van der Waals surface area (Å²) in [5.74, 6) is 0. The van der Waals surface area contributed by atoms with Crippen LogP contribution in [0.25, 0.3) is 0 Å². The minimum atomic E-state index is -3.39. The number of anilines is 1. The maximum atomic E-state index is 12.8. The van der Waals surface area contributed by atoms with Crippen LogP contribution in [0.2, 0.25) is 5.02 Å². The van der Waals surface area contributed by atoms with Gasteiger partial charge in [0.25, 0.3) is 0 Å². The first kappa shape index (κ1) is 18.2. The van der Waals surface area contributed by atoms with Gasteiger partial charge in [0.05, 0.1) is 4.90 Å². The molecule has 0 spiro atoms. The molecule has 0 saturated carbocycles. The molecule has 25 heavy (non-hydrogen) atoms. The van der Waals surface area contributed by atoms with Gasteiger partial charge in [-0.05, 0) is 48.7 Å². The fourth-order valence-corrected chi connectivity index (χ4v) is 4.73. The van der Waals surface area contributed by atoms with Crippen molar-refractivity contribution in [3.05, 3.63) is 59.1 Å². The van der Waals surface area contributed by atoms with Gasteiger partial charge in [-0.15, -0.1) is 0 Å². The molecule has 0 atom stereocenters. The number of halogens is 1. The zero-order valence-electron chi connectivity index (χ0n) is 14.1. The lowest BCUT2D eigenvalue weighted by atomic mass is 10.2. The molecule has 0 amide bonds. The molecule has 0 unspecified atom stereocenters.